The summed E-state index contributed by atoms with van der Waals surface area (Å²) >= 11 is 1.34. The second-order valence-corrected chi connectivity index (χ2v) is 8.23. The van der Waals surface area contributed by atoms with Crippen LogP contribution >= 0.6 is 23.7 Å². The van der Waals surface area contributed by atoms with Gasteiger partial charge in [-0.15, -0.1) is 12.4 Å². The van der Waals surface area contributed by atoms with Crippen LogP contribution in [-0.2, 0) is 4.74 Å². The van der Waals surface area contributed by atoms with Crippen molar-refractivity contribution in [2.24, 2.45) is 0 Å². The quantitative estimate of drug-likeness (QED) is 0.499. The van der Waals surface area contributed by atoms with E-state index in [9.17, 15) is 13.6 Å². The van der Waals surface area contributed by atoms with Gasteiger partial charge in [-0.05, 0) is 36.8 Å². The molecule has 0 spiro atoms. The number of ether oxygens (including phenoxy) is 2. The third kappa shape index (κ3) is 5.53. The van der Waals surface area contributed by atoms with Gasteiger partial charge >= 0.3 is 0 Å². The van der Waals surface area contributed by atoms with Crippen molar-refractivity contribution >= 4 is 45.0 Å². The SMILES string of the molecule is COc1ccc2nc(N(CCCN3CCOCC3)C(=O)c3ccc(F)cc3F)sc2c1.Cl. The summed E-state index contributed by atoms with van der Waals surface area (Å²) in [5.74, 6) is -1.45. The van der Waals surface area contributed by atoms with Gasteiger partial charge in [0.05, 0.1) is 36.1 Å². The fourth-order valence-corrected chi connectivity index (χ4v) is 4.52. The van der Waals surface area contributed by atoms with E-state index in [1.165, 1.54) is 22.3 Å². The number of methoxy groups -OCH3 is 1. The molecule has 3 aromatic rings. The second-order valence-electron chi connectivity index (χ2n) is 7.22. The summed E-state index contributed by atoms with van der Waals surface area (Å²) < 4.78 is 39.2. The maximum atomic E-state index is 14.3. The third-order valence-electron chi connectivity index (χ3n) is 5.18. The number of nitrogens with zero attached hydrogens (tertiary/aromatic N) is 3. The summed E-state index contributed by atoms with van der Waals surface area (Å²) in [5, 5.41) is 0.471. The van der Waals surface area contributed by atoms with Crippen molar-refractivity contribution in [1.82, 2.24) is 9.88 Å². The average Bonchev–Trinajstić information content (AvgIpc) is 3.20. The van der Waals surface area contributed by atoms with Crippen molar-refractivity contribution in [3.63, 3.8) is 0 Å². The van der Waals surface area contributed by atoms with Crippen molar-refractivity contribution in [2.75, 3.05) is 51.4 Å². The van der Waals surface area contributed by atoms with E-state index in [-0.39, 0.29) is 18.0 Å². The van der Waals surface area contributed by atoms with Crippen molar-refractivity contribution in [2.45, 2.75) is 6.42 Å². The van der Waals surface area contributed by atoms with Crippen LogP contribution in [0.2, 0.25) is 0 Å². The van der Waals surface area contributed by atoms with Crippen LogP contribution in [0.3, 0.4) is 0 Å². The van der Waals surface area contributed by atoms with Gasteiger partial charge in [0.1, 0.15) is 17.4 Å². The van der Waals surface area contributed by atoms with Gasteiger partial charge < -0.3 is 9.47 Å². The molecule has 0 atom stereocenters. The smallest absolute Gasteiger partial charge is 0.263 e. The van der Waals surface area contributed by atoms with E-state index in [0.717, 1.165) is 42.0 Å². The molecule has 1 aliphatic rings. The highest BCUT2D eigenvalue weighted by Gasteiger charge is 2.24. The minimum absolute atomic E-state index is 0. The maximum absolute atomic E-state index is 14.3. The number of fused-ring (bicyclic) bond motifs is 1. The molecule has 0 radical (unpaired) electrons. The van der Waals surface area contributed by atoms with Gasteiger partial charge in [-0.3, -0.25) is 14.6 Å². The van der Waals surface area contributed by atoms with Gasteiger partial charge in [-0.1, -0.05) is 11.3 Å². The Morgan fingerprint density at radius 2 is 2.00 bits per heavy atom. The number of carbonyl (C=O) groups is 1. The number of morpholine rings is 1. The lowest BCUT2D eigenvalue weighted by Crippen LogP contribution is -2.39. The minimum Gasteiger partial charge on any atom is -0.497 e. The zero-order chi connectivity index (χ0) is 21.8. The van der Waals surface area contributed by atoms with Crippen LogP contribution in [0.4, 0.5) is 13.9 Å². The highest BCUT2D eigenvalue weighted by atomic mass is 35.5. The van der Waals surface area contributed by atoms with Gasteiger partial charge in [-0.2, -0.15) is 0 Å². The molecule has 32 heavy (non-hydrogen) atoms. The molecule has 0 bridgehead atoms. The Labute approximate surface area is 195 Å². The molecular weight excluding hydrogens is 460 g/mol. The van der Waals surface area contributed by atoms with E-state index < -0.39 is 17.5 Å². The molecule has 0 aliphatic carbocycles. The van der Waals surface area contributed by atoms with E-state index in [1.807, 2.05) is 12.1 Å². The average molecular weight is 484 g/mol. The van der Waals surface area contributed by atoms with Crippen LogP contribution in [0, 0.1) is 11.6 Å². The van der Waals surface area contributed by atoms with Crippen molar-refractivity contribution in [1.29, 1.82) is 0 Å². The molecule has 4 rings (SSSR count). The molecule has 1 amide bonds. The van der Waals surface area contributed by atoms with Crippen LogP contribution in [0.15, 0.2) is 36.4 Å². The molecule has 2 heterocycles. The van der Waals surface area contributed by atoms with Crippen LogP contribution in [0.1, 0.15) is 16.8 Å². The Bertz CT molecular complexity index is 1080. The maximum Gasteiger partial charge on any atom is 0.263 e. The Hall–Kier alpha value is -2.33. The molecule has 1 saturated heterocycles. The first-order chi connectivity index (χ1) is 15.0. The Balaban J connectivity index is 0.00000289. The van der Waals surface area contributed by atoms with E-state index in [1.54, 1.807) is 13.2 Å². The number of hydrogen-bond acceptors (Lipinski definition) is 6. The van der Waals surface area contributed by atoms with Gasteiger partial charge in [-0.25, -0.2) is 13.8 Å². The highest BCUT2D eigenvalue weighted by Crippen LogP contribution is 2.32. The summed E-state index contributed by atoms with van der Waals surface area (Å²) in [6.07, 6.45) is 0.688. The number of thiazole rings is 1. The molecule has 10 heteroatoms. The predicted octanol–water partition coefficient (Wildman–Crippen LogP) is 4.37. The summed E-state index contributed by atoms with van der Waals surface area (Å²) in [5.41, 5.74) is 0.552. The van der Waals surface area contributed by atoms with Gasteiger partial charge in [0.25, 0.3) is 5.91 Å². The molecule has 0 saturated carbocycles. The number of hydrogen-bond donors (Lipinski definition) is 0. The first-order valence-corrected chi connectivity index (χ1v) is 10.9. The number of halogens is 3. The first-order valence-electron chi connectivity index (χ1n) is 10.1. The van der Waals surface area contributed by atoms with Crippen molar-refractivity contribution in [3.8, 4) is 5.75 Å². The zero-order valence-corrected chi connectivity index (χ0v) is 19.2. The fourth-order valence-electron chi connectivity index (χ4n) is 3.50. The molecule has 1 aromatic heterocycles. The second kappa shape index (κ2) is 11.0. The van der Waals surface area contributed by atoms with E-state index >= 15 is 0 Å². The third-order valence-corrected chi connectivity index (χ3v) is 6.22. The summed E-state index contributed by atoms with van der Waals surface area (Å²) in [6.45, 7) is 4.25. The summed E-state index contributed by atoms with van der Waals surface area (Å²) in [4.78, 5) is 21.6. The summed E-state index contributed by atoms with van der Waals surface area (Å²) in [6, 6.07) is 8.47. The molecule has 1 aliphatic heterocycles. The Morgan fingerprint density at radius 1 is 1.22 bits per heavy atom. The Kier molecular flexibility index (Phi) is 8.36. The number of amides is 1. The standard InChI is InChI=1S/C22H23F2N3O3S.ClH/c1-29-16-4-6-19-20(14-16)31-22(25-19)27(8-2-7-26-9-11-30-12-10-26)21(28)17-5-3-15(23)13-18(17)24;/h3-6,13-14H,2,7-12H2,1H3;1H. The van der Waals surface area contributed by atoms with Crippen LogP contribution in [0.25, 0.3) is 10.2 Å². The van der Waals surface area contributed by atoms with Crippen molar-refractivity contribution in [3.05, 3.63) is 53.6 Å². The van der Waals surface area contributed by atoms with Crippen LogP contribution < -0.4 is 9.64 Å². The Morgan fingerprint density at radius 3 is 2.72 bits per heavy atom. The lowest BCUT2D eigenvalue weighted by Gasteiger charge is -2.27. The molecule has 2 aromatic carbocycles. The number of aromatic nitrogens is 1. The topological polar surface area (TPSA) is 54.9 Å². The van der Waals surface area contributed by atoms with Crippen molar-refractivity contribution < 1.29 is 23.0 Å². The van der Waals surface area contributed by atoms with Crippen LogP contribution in [-0.4, -0.2) is 62.3 Å². The normalized spacial score (nSPS) is 14.2. The monoisotopic (exact) mass is 483 g/mol. The highest BCUT2D eigenvalue weighted by molar-refractivity contribution is 7.22. The van der Waals surface area contributed by atoms with E-state index in [0.29, 0.717) is 37.1 Å². The minimum atomic E-state index is -0.883. The van der Waals surface area contributed by atoms with E-state index in [2.05, 4.69) is 9.88 Å². The number of rotatable bonds is 7. The molecule has 0 N–H and O–H groups in total. The molecule has 172 valence electrons. The van der Waals surface area contributed by atoms with Crippen LogP contribution in [0.5, 0.6) is 5.75 Å². The molecule has 6 nitrogen and oxygen atoms in total. The van der Waals surface area contributed by atoms with Gasteiger partial charge in [0.15, 0.2) is 5.13 Å². The largest absolute Gasteiger partial charge is 0.497 e. The lowest BCUT2D eigenvalue weighted by atomic mass is 10.1. The number of carbonyl (C=O) groups excluding carboxylic acids is 1. The summed E-state index contributed by atoms with van der Waals surface area (Å²) in [7, 11) is 1.59. The van der Waals surface area contributed by atoms with Gasteiger partial charge in [0, 0.05) is 32.2 Å². The first kappa shape index (κ1) is 24.3. The number of anilines is 1. The fraction of sp³-hybridized carbons (Fsp3) is 0.364. The molecule has 1 fully saturated rings. The van der Waals surface area contributed by atoms with E-state index in [4.69, 9.17) is 9.47 Å². The molecular formula is C22H24ClF2N3O3S. The lowest BCUT2D eigenvalue weighted by molar-refractivity contribution is 0.0376. The van der Waals surface area contributed by atoms with Gasteiger partial charge in [0.2, 0.25) is 0 Å². The number of benzene rings is 2. The predicted molar refractivity (Wildman–Crippen MR) is 123 cm³/mol. The molecule has 0 unspecified atom stereocenters. The zero-order valence-electron chi connectivity index (χ0n) is 17.6.